The standard InChI is InChI=1S/C20H20N6O2/c1-13-8-16(18(22-10-13)26-11-23-24-12-26)14-4-2-5-15(9-14)19(27)25-17-6-3-7-21-20(17)28/h2,4-5,8-12,17H,3,6-7H2,1H3,(H,21,28)(H,25,27)/t17-/m1/s1. The highest BCUT2D eigenvalue weighted by molar-refractivity contribution is 5.98. The van der Waals surface area contributed by atoms with Gasteiger partial charge in [-0.05, 0) is 49.1 Å². The molecule has 0 bridgehead atoms. The smallest absolute Gasteiger partial charge is 0.251 e. The number of hydrogen-bond acceptors (Lipinski definition) is 5. The van der Waals surface area contributed by atoms with Crippen molar-refractivity contribution in [3.8, 4) is 16.9 Å². The normalized spacial score (nSPS) is 16.5. The van der Waals surface area contributed by atoms with Crippen molar-refractivity contribution in [1.29, 1.82) is 0 Å². The summed E-state index contributed by atoms with van der Waals surface area (Å²) >= 11 is 0. The van der Waals surface area contributed by atoms with Gasteiger partial charge in [-0.3, -0.25) is 14.2 Å². The fraction of sp³-hybridized carbons (Fsp3) is 0.250. The molecule has 8 heteroatoms. The maximum Gasteiger partial charge on any atom is 0.251 e. The topological polar surface area (TPSA) is 102 Å². The molecule has 0 radical (unpaired) electrons. The quantitative estimate of drug-likeness (QED) is 0.721. The lowest BCUT2D eigenvalue weighted by Gasteiger charge is -2.22. The maximum absolute atomic E-state index is 12.7. The molecule has 1 fully saturated rings. The van der Waals surface area contributed by atoms with Gasteiger partial charge in [0.2, 0.25) is 5.91 Å². The van der Waals surface area contributed by atoms with Gasteiger partial charge in [-0.1, -0.05) is 12.1 Å². The van der Waals surface area contributed by atoms with Crippen LogP contribution in [0.1, 0.15) is 28.8 Å². The molecule has 1 aliphatic heterocycles. The minimum Gasteiger partial charge on any atom is -0.354 e. The number of rotatable bonds is 4. The third kappa shape index (κ3) is 3.62. The molecule has 0 saturated carbocycles. The van der Waals surface area contributed by atoms with Crippen molar-refractivity contribution in [2.75, 3.05) is 6.54 Å². The number of pyridine rings is 1. The Morgan fingerprint density at radius 3 is 2.86 bits per heavy atom. The molecule has 1 saturated heterocycles. The molecule has 0 aliphatic carbocycles. The van der Waals surface area contributed by atoms with Crippen molar-refractivity contribution in [3.63, 3.8) is 0 Å². The number of piperidine rings is 1. The van der Waals surface area contributed by atoms with E-state index in [9.17, 15) is 9.59 Å². The highest BCUT2D eigenvalue weighted by Crippen LogP contribution is 2.27. The molecule has 0 spiro atoms. The average Bonchev–Trinajstić information content (AvgIpc) is 3.24. The van der Waals surface area contributed by atoms with Gasteiger partial charge in [0.25, 0.3) is 5.91 Å². The summed E-state index contributed by atoms with van der Waals surface area (Å²) in [6.45, 7) is 2.62. The molecule has 3 aromatic rings. The number of benzene rings is 1. The Balaban J connectivity index is 1.65. The third-order valence-corrected chi connectivity index (χ3v) is 4.69. The van der Waals surface area contributed by atoms with Crippen LogP contribution in [0.3, 0.4) is 0 Å². The first-order chi connectivity index (χ1) is 13.6. The summed E-state index contributed by atoms with van der Waals surface area (Å²) in [6.07, 6.45) is 6.45. The van der Waals surface area contributed by atoms with E-state index in [0.29, 0.717) is 24.3 Å². The molecule has 1 atom stereocenters. The Hall–Kier alpha value is -3.55. The molecule has 4 rings (SSSR count). The Morgan fingerprint density at radius 1 is 1.25 bits per heavy atom. The number of amides is 2. The molecule has 142 valence electrons. The Labute approximate surface area is 162 Å². The minimum atomic E-state index is -0.488. The number of aromatic nitrogens is 4. The van der Waals surface area contributed by atoms with E-state index in [1.807, 2.05) is 25.1 Å². The number of nitrogens with zero attached hydrogens (tertiary/aromatic N) is 4. The first-order valence-electron chi connectivity index (χ1n) is 9.12. The molecular weight excluding hydrogens is 356 g/mol. The second-order valence-corrected chi connectivity index (χ2v) is 6.79. The van der Waals surface area contributed by atoms with Gasteiger partial charge in [0.05, 0.1) is 0 Å². The largest absolute Gasteiger partial charge is 0.354 e. The second kappa shape index (κ2) is 7.59. The zero-order valence-corrected chi connectivity index (χ0v) is 15.4. The minimum absolute atomic E-state index is 0.131. The van der Waals surface area contributed by atoms with Crippen LogP contribution in [0.4, 0.5) is 0 Å². The van der Waals surface area contributed by atoms with E-state index >= 15 is 0 Å². The highest BCUT2D eigenvalue weighted by Gasteiger charge is 2.24. The van der Waals surface area contributed by atoms with Gasteiger partial charge < -0.3 is 10.6 Å². The van der Waals surface area contributed by atoms with Crippen LogP contribution in [0.15, 0.2) is 49.2 Å². The van der Waals surface area contributed by atoms with Gasteiger partial charge in [-0.25, -0.2) is 4.98 Å². The summed E-state index contributed by atoms with van der Waals surface area (Å²) in [4.78, 5) is 29.1. The Morgan fingerprint density at radius 2 is 2.07 bits per heavy atom. The second-order valence-electron chi connectivity index (χ2n) is 6.79. The van der Waals surface area contributed by atoms with E-state index in [2.05, 4.69) is 25.8 Å². The summed E-state index contributed by atoms with van der Waals surface area (Å²) in [6, 6.07) is 8.81. The van der Waals surface area contributed by atoms with Crippen LogP contribution in [0.2, 0.25) is 0 Å². The van der Waals surface area contributed by atoms with Crippen LogP contribution in [-0.4, -0.2) is 44.1 Å². The highest BCUT2D eigenvalue weighted by atomic mass is 16.2. The van der Waals surface area contributed by atoms with Crippen molar-refractivity contribution in [2.45, 2.75) is 25.8 Å². The van der Waals surface area contributed by atoms with Crippen molar-refractivity contribution in [1.82, 2.24) is 30.4 Å². The molecule has 1 aliphatic rings. The number of aryl methyl sites for hydroxylation is 1. The van der Waals surface area contributed by atoms with E-state index in [-0.39, 0.29) is 11.8 Å². The number of carbonyl (C=O) groups is 2. The Kier molecular flexibility index (Phi) is 4.84. The number of carbonyl (C=O) groups excluding carboxylic acids is 2. The van der Waals surface area contributed by atoms with Crippen LogP contribution in [0.5, 0.6) is 0 Å². The average molecular weight is 376 g/mol. The zero-order chi connectivity index (χ0) is 19.5. The summed E-state index contributed by atoms with van der Waals surface area (Å²) in [5.74, 6) is 0.281. The van der Waals surface area contributed by atoms with Gasteiger partial charge in [-0.2, -0.15) is 0 Å². The van der Waals surface area contributed by atoms with E-state index in [4.69, 9.17) is 0 Å². The fourth-order valence-electron chi connectivity index (χ4n) is 3.27. The van der Waals surface area contributed by atoms with E-state index in [0.717, 1.165) is 23.1 Å². The van der Waals surface area contributed by atoms with Crippen LogP contribution in [-0.2, 0) is 4.79 Å². The molecule has 28 heavy (non-hydrogen) atoms. The van der Waals surface area contributed by atoms with E-state index in [1.165, 1.54) is 0 Å². The first-order valence-corrected chi connectivity index (χ1v) is 9.12. The molecule has 2 aromatic heterocycles. The summed E-state index contributed by atoms with van der Waals surface area (Å²) < 4.78 is 1.73. The number of hydrogen-bond donors (Lipinski definition) is 2. The van der Waals surface area contributed by atoms with Gasteiger partial charge in [0, 0.05) is 23.9 Å². The lowest BCUT2D eigenvalue weighted by Crippen LogP contribution is -2.50. The van der Waals surface area contributed by atoms with Crippen LogP contribution >= 0.6 is 0 Å². The Bertz CT molecular complexity index is 1020. The third-order valence-electron chi connectivity index (χ3n) is 4.69. The van der Waals surface area contributed by atoms with E-state index < -0.39 is 6.04 Å². The van der Waals surface area contributed by atoms with Gasteiger partial charge >= 0.3 is 0 Å². The molecule has 0 unspecified atom stereocenters. The lowest BCUT2D eigenvalue weighted by atomic mass is 10.0. The molecule has 3 heterocycles. The van der Waals surface area contributed by atoms with Crippen molar-refractivity contribution in [3.05, 3.63) is 60.3 Å². The number of nitrogens with one attached hydrogen (secondary N) is 2. The molecule has 1 aromatic carbocycles. The summed E-state index contributed by atoms with van der Waals surface area (Å²) in [7, 11) is 0. The molecule has 2 N–H and O–H groups in total. The van der Waals surface area contributed by atoms with Crippen molar-refractivity contribution >= 4 is 11.8 Å². The van der Waals surface area contributed by atoms with Gasteiger partial charge in [0.15, 0.2) is 0 Å². The summed E-state index contributed by atoms with van der Waals surface area (Å²) in [5, 5.41) is 13.3. The SMILES string of the molecule is Cc1cnc(-n2cnnc2)c(-c2cccc(C(=O)N[C@@H]3CCCNC3=O)c2)c1. The monoisotopic (exact) mass is 376 g/mol. The van der Waals surface area contributed by atoms with Crippen molar-refractivity contribution < 1.29 is 9.59 Å². The summed E-state index contributed by atoms with van der Waals surface area (Å²) in [5.41, 5.74) is 3.21. The lowest BCUT2D eigenvalue weighted by molar-refractivity contribution is -0.124. The van der Waals surface area contributed by atoms with Crippen LogP contribution in [0.25, 0.3) is 16.9 Å². The molecule has 2 amide bonds. The first kappa shape index (κ1) is 17.8. The van der Waals surface area contributed by atoms with Crippen molar-refractivity contribution in [2.24, 2.45) is 0 Å². The maximum atomic E-state index is 12.7. The van der Waals surface area contributed by atoms with Crippen LogP contribution < -0.4 is 10.6 Å². The predicted octanol–water partition coefficient (Wildman–Crippen LogP) is 1.65. The predicted molar refractivity (Wildman–Crippen MR) is 103 cm³/mol. The van der Waals surface area contributed by atoms with Crippen LogP contribution in [0, 0.1) is 6.92 Å². The van der Waals surface area contributed by atoms with Gasteiger partial charge in [-0.15, -0.1) is 10.2 Å². The van der Waals surface area contributed by atoms with Gasteiger partial charge in [0.1, 0.15) is 24.5 Å². The fourth-order valence-corrected chi connectivity index (χ4v) is 3.27. The zero-order valence-electron chi connectivity index (χ0n) is 15.4. The molecule has 8 nitrogen and oxygen atoms in total. The van der Waals surface area contributed by atoms with E-state index in [1.54, 1.807) is 35.6 Å². The molecular formula is C20H20N6O2.